The lowest BCUT2D eigenvalue weighted by Gasteiger charge is -2.09. The summed E-state index contributed by atoms with van der Waals surface area (Å²) in [6.45, 7) is 2.73. The molecule has 5 nitrogen and oxygen atoms in total. The molecule has 1 N–H and O–H groups in total. The first-order chi connectivity index (χ1) is 7.72. The molecule has 0 saturated carbocycles. The zero-order valence-corrected chi connectivity index (χ0v) is 10.4. The standard InChI is InChI=1S/C10H12BrN3O2/c1-2-14-9(12-6-13-14)5-8(15)7-3-4-16-10(7)11/h3-4,6,8,15H,2,5H2,1H3. The Morgan fingerprint density at radius 1 is 1.62 bits per heavy atom. The van der Waals surface area contributed by atoms with Crippen LogP contribution in [0.4, 0.5) is 0 Å². The lowest BCUT2D eigenvalue weighted by Crippen LogP contribution is -2.09. The van der Waals surface area contributed by atoms with Gasteiger partial charge in [-0.2, -0.15) is 5.10 Å². The van der Waals surface area contributed by atoms with E-state index in [0.29, 0.717) is 11.1 Å². The Balaban J connectivity index is 2.13. The van der Waals surface area contributed by atoms with Crippen LogP contribution in [0.1, 0.15) is 24.4 Å². The maximum absolute atomic E-state index is 10.0. The Labute approximate surface area is 101 Å². The van der Waals surface area contributed by atoms with Crippen molar-refractivity contribution in [3.63, 3.8) is 0 Å². The first-order valence-corrected chi connectivity index (χ1v) is 5.79. The highest BCUT2D eigenvalue weighted by molar-refractivity contribution is 9.10. The molecule has 6 heteroatoms. The SMILES string of the molecule is CCn1ncnc1CC(O)c1ccoc1Br. The van der Waals surface area contributed by atoms with E-state index in [1.54, 1.807) is 10.7 Å². The quantitative estimate of drug-likeness (QED) is 0.932. The molecular weight excluding hydrogens is 274 g/mol. The summed E-state index contributed by atoms with van der Waals surface area (Å²) in [5, 5.41) is 14.1. The van der Waals surface area contributed by atoms with Crippen LogP contribution in [-0.2, 0) is 13.0 Å². The number of halogens is 1. The van der Waals surface area contributed by atoms with Gasteiger partial charge in [0.2, 0.25) is 0 Å². The zero-order chi connectivity index (χ0) is 11.5. The van der Waals surface area contributed by atoms with E-state index in [0.717, 1.165) is 17.9 Å². The fourth-order valence-corrected chi connectivity index (χ4v) is 2.04. The average molecular weight is 286 g/mol. The van der Waals surface area contributed by atoms with Crippen molar-refractivity contribution in [2.75, 3.05) is 0 Å². The maximum atomic E-state index is 10.0. The molecule has 0 fully saturated rings. The highest BCUT2D eigenvalue weighted by atomic mass is 79.9. The topological polar surface area (TPSA) is 64.1 Å². The van der Waals surface area contributed by atoms with Crippen LogP contribution >= 0.6 is 15.9 Å². The summed E-state index contributed by atoms with van der Waals surface area (Å²) in [6, 6.07) is 1.74. The minimum absolute atomic E-state index is 0.423. The van der Waals surface area contributed by atoms with E-state index >= 15 is 0 Å². The predicted octanol–water partition coefficient (Wildman–Crippen LogP) is 1.93. The highest BCUT2D eigenvalue weighted by Crippen LogP contribution is 2.26. The van der Waals surface area contributed by atoms with Gasteiger partial charge in [0.15, 0.2) is 4.67 Å². The predicted molar refractivity (Wildman–Crippen MR) is 60.8 cm³/mol. The smallest absolute Gasteiger partial charge is 0.174 e. The number of rotatable bonds is 4. The minimum atomic E-state index is -0.636. The summed E-state index contributed by atoms with van der Waals surface area (Å²) in [5.41, 5.74) is 0.727. The number of aliphatic hydroxyl groups is 1. The monoisotopic (exact) mass is 285 g/mol. The third-order valence-electron chi connectivity index (χ3n) is 2.38. The number of nitrogens with zero attached hydrogens (tertiary/aromatic N) is 3. The third kappa shape index (κ3) is 2.17. The van der Waals surface area contributed by atoms with Crippen molar-refractivity contribution in [1.29, 1.82) is 0 Å². The molecule has 0 saturated heterocycles. The molecule has 0 aromatic carbocycles. The Morgan fingerprint density at radius 2 is 2.44 bits per heavy atom. The van der Waals surface area contributed by atoms with Gasteiger partial charge >= 0.3 is 0 Å². The van der Waals surface area contributed by atoms with Gasteiger partial charge in [0, 0.05) is 18.5 Å². The largest absolute Gasteiger partial charge is 0.457 e. The fraction of sp³-hybridized carbons (Fsp3) is 0.400. The highest BCUT2D eigenvalue weighted by Gasteiger charge is 2.16. The summed E-state index contributed by atoms with van der Waals surface area (Å²) >= 11 is 3.24. The molecule has 0 spiro atoms. The summed E-state index contributed by atoms with van der Waals surface area (Å²) in [4.78, 5) is 4.11. The van der Waals surface area contributed by atoms with E-state index in [1.165, 1.54) is 12.6 Å². The molecule has 0 radical (unpaired) electrons. The number of hydrogen-bond donors (Lipinski definition) is 1. The van der Waals surface area contributed by atoms with Gasteiger partial charge in [-0.3, -0.25) is 4.68 Å². The second-order valence-corrected chi connectivity index (χ2v) is 4.08. The Kier molecular flexibility index (Phi) is 3.40. The summed E-state index contributed by atoms with van der Waals surface area (Å²) < 4.78 is 7.39. The van der Waals surface area contributed by atoms with Crippen LogP contribution in [0.5, 0.6) is 0 Å². The molecule has 0 aliphatic rings. The van der Waals surface area contributed by atoms with Crippen LogP contribution in [-0.4, -0.2) is 19.9 Å². The van der Waals surface area contributed by atoms with Gasteiger partial charge in [-0.15, -0.1) is 0 Å². The first-order valence-electron chi connectivity index (χ1n) is 5.00. The van der Waals surface area contributed by atoms with Crippen LogP contribution in [0.15, 0.2) is 27.7 Å². The van der Waals surface area contributed by atoms with Crippen molar-refractivity contribution >= 4 is 15.9 Å². The molecular formula is C10H12BrN3O2. The first kappa shape index (κ1) is 11.3. The molecule has 0 amide bonds. The molecule has 1 unspecified atom stereocenters. The molecule has 0 aliphatic carbocycles. The lowest BCUT2D eigenvalue weighted by molar-refractivity contribution is 0.172. The Hall–Kier alpha value is -1.14. The molecule has 16 heavy (non-hydrogen) atoms. The summed E-state index contributed by atoms with van der Waals surface area (Å²) in [6.07, 6.45) is 2.82. The second-order valence-electron chi connectivity index (χ2n) is 3.36. The molecule has 0 bridgehead atoms. The molecule has 2 aromatic heterocycles. The summed E-state index contributed by atoms with van der Waals surface area (Å²) in [7, 11) is 0. The third-order valence-corrected chi connectivity index (χ3v) is 3.02. The molecule has 2 heterocycles. The average Bonchev–Trinajstić information content (AvgIpc) is 2.86. The van der Waals surface area contributed by atoms with Crippen molar-refractivity contribution in [3.05, 3.63) is 34.7 Å². The Morgan fingerprint density at radius 3 is 3.06 bits per heavy atom. The van der Waals surface area contributed by atoms with Crippen LogP contribution in [0.3, 0.4) is 0 Å². The van der Waals surface area contributed by atoms with E-state index in [2.05, 4.69) is 26.0 Å². The lowest BCUT2D eigenvalue weighted by atomic mass is 10.1. The summed E-state index contributed by atoms with van der Waals surface area (Å²) in [5.74, 6) is 0.767. The fourth-order valence-electron chi connectivity index (χ4n) is 1.54. The van der Waals surface area contributed by atoms with Crippen molar-refractivity contribution in [2.45, 2.75) is 26.0 Å². The van der Waals surface area contributed by atoms with Crippen molar-refractivity contribution < 1.29 is 9.52 Å². The van der Waals surface area contributed by atoms with Gasteiger partial charge < -0.3 is 9.52 Å². The van der Waals surface area contributed by atoms with Gasteiger partial charge in [0.25, 0.3) is 0 Å². The number of aryl methyl sites for hydroxylation is 1. The second kappa shape index (κ2) is 4.80. The molecule has 2 aromatic rings. The van der Waals surface area contributed by atoms with Crippen molar-refractivity contribution in [2.24, 2.45) is 0 Å². The molecule has 2 rings (SSSR count). The van der Waals surface area contributed by atoms with Crippen LogP contribution in [0.2, 0.25) is 0 Å². The van der Waals surface area contributed by atoms with Crippen molar-refractivity contribution in [1.82, 2.24) is 14.8 Å². The number of aliphatic hydroxyl groups excluding tert-OH is 1. The van der Waals surface area contributed by atoms with Gasteiger partial charge in [-0.25, -0.2) is 4.98 Å². The maximum Gasteiger partial charge on any atom is 0.174 e. The van der Waals surface area contributed by atoms with E-state index in [9.17, 15) is 5.11 Å². The van der Waals surface area contributed by atoms with Gasteiger partial charge in [0.05, 0.1) is 12.4 Å². The van der Waals surface area contributed by atoms with Crippen molar-refractivity contribution in [3.8, 4) is 0 Å². The van der Waals surface area contributed by atoms with E-state index in [-0.39, 0.29) is 0 Å². The van der Waals surface area contributed by atoms with Gasteiger partial charge in [-0.05, 0) is 28.9 Å². The minimum Gasteiger partial charge on any atom is -0.457 e. The van der Waals surface area contributed by atoms with Crippen LogP contribution in [0, 0.1) is 0 Å². The zero-order valence-electron chi connectivity index (χ0n) is 8.80. The normalized spacial score (nSPS) is 12.9. The Bertz CT molecular complexity index is 466. The number of aromatic nitrogens is 3. The molecule has 0 aliphatic heterocycles. The number of hydrogen-bond acceptors (Lipinski definition) is 4. The number of furan rings is 1. The van der Waals surface area contributed by atoms with E-state index < -0.39 is 6.10 Å². The van der Waals surface area contributed by atoms with Crippen LogP contribution < -0.4 is 0 Å². The van der Waals surface area contributed by atoms with Crippen LogP contribution in [0.25, 0.3) is 0 Å². The molecule has 1 atom stereocenters. The van der Waals surface area contributed by atoms with E-state index in [4.69, 9.17) is 4.42 Å². The van der Waals surface area contributed by atoms with E-state index in [1.807, 2.05) is 6.92 Å². The van der Waals surface area contributed by atoms with Gasteiger partial charge in [-0.1, -0.05) is 0 Å². The van der Waals surface area contributed by atoms with Gasteiger partial charge in [0.1, 0.15) is 12.2 Å². The molecule has 86 valence electrons.